The molecule has 1 saturated heterocycles. The molecule has 0 N–H and O–H groups in total. The van der Waals surface area contributed by atoms with Crippen molar-refractivity contribution >= 4 is 23.8 Å². The van der Waals surface area contributed by atoms with Crippen LogP contribution in [0.2, 0.25) is 0 Å². The second kappa shape index (κ2) is 7.09. The van der Waals surface area contributed by atoms with E-state index in [9.17, 15) is 9.59 Å². The minimum Gasteiger partial charge on any atom is -0.334 e. The van der Waals surface area contributed by atoms with E-state index in [-0.39, 0.29) is 11.7 Å². The first-order valence-corrected chi connectivity index (χ1v) is 7.95. The zero-order chi connectivity index (χ0) is 16.9. The Labute approximate surface area is 141 Å². The molecule has 0 saturated carbocycles. The molecular weight excluding hydrogens is 298 g/mol. The van der Waals surface area contributed by atoms with Gasteiger partial charge in [-0.1, -0.05) is 60.7 Å². The van der Waals surface area contributed by atoms with Gasteiger partial charge in [-0.05, 0) is 23.3 Å². The van der Waals surface area contributed by atoms with Crippen molar-refractivity contribution in [3.8, 4) is 0 Å². The molecule has 0 bridgehead atoms. The maximum absolute atomic E-state index is 12.8. The van der Waals surface area contributed by atoms with Crippen LogP contribution in [0.3, 0.4) is 0 Å². The summed E-state index contributed by atoms with van der Waals surface area (Å²) in [6.07, 6.45) is 3.74. The summed E-state index contributed by atoms with van der Waals surface area (Å²) >= 11 is 0. The molecule has 1 heterocycles. The largest absolute Gasteiger partial charge is 0.334 e. The van der Waals surface area contributed by atoms with Crippen LogP contribution in [-0.2, 0) is 9.59 Å². The summed E-state index contributed by atoms with van der Waals surface area (Å²) in [5.41, 5.74) is 3.21. The topological polar surface area (TPSA) is 37.4 Å². The SMILES string of the molecule is CC(=O)N1CC(=Cc2ccccc2)C(=O)C(=Cc2ccccc2)C1. The highest BCUT2D eigenvalue weighted by Gasteiger charge is 2.27. The molecule has 1 aliphatic rings. The maximum atomic E-state index is 12.8. The molecule has 0 aliphatic carbocycles. The smallest absolute Gasteiger partial charge is 0.220 e. The average Bonchev–Trinajstić information content (AvgIpc) is 2.60. The lowest BCUT2D eigenvalue weighted by Crippen LogP contribution is -2.40. The van der Waals surface area contributed by atoms with Crippen molar-refractivity contribution in [2.45, 2.75) is 6.92 Å². The van der Waals surface area contributed by atoms with Crippen LogP contribution in [0.1, 0.15) is 18.1 Å². The van der Waals surface area contributed by atoms with Crippen LogP contribution in [0.5, 0.6) is 0 Å². The van der Waals surface area contributed by atoms with Crippen LogP contribution in [0, 0.1) is 0 Å². The molecule has 120 valence electrons. The van der Waals surface area contributed by atoms with Gasteiger partial charge in [-0.15, -0.1) is 0 Å². The van der Waals surface area contributed by atoms with Gasteiger partial charge >= 0.3 is 0 Å². The van der Waals surface area contributed by atoms with Gasteiger partial charge in [-0.3, -0.25) is 9.59 Å². The Morgan fingerprint density at radius 3 is 1.62 bits per heavy atom. The molecule has 3 nitrogen and oxygen atoms in total. The molecule has 0 radical (unpaired) electrons. The van der Waals surface area contributed by atoms with Gasteiger partial charge in [0.25, 0.3) is 0 Å². The van der Waals surface area contributed by atoms with Gasteiger partial charge in [-0.2, -0.15) is 0 Å². The molecule has 1 aliphatic heterocycles. The summed E-state index contributed by atoms with van der Waals surface area (Å²) in [7, 11) is 0. The molecule has 2 aromatic rings. The number of Topliss-reactive ketones (excluding diaryl/α,β-unsaturated/α-hetero) is 1. The minimum atomic E-state index is -0.0274. The Balaban J connectivity index is 1.98. The molecule has 0 unspecified atom stereocenters. The van der Waals surface area contributed by atoms with Crippen molar-refractivity contribution in [1.29, 1.82) is 0 Å². The minimum absolute atomic E-state index is 0.0141. The first-order chi connectivity index (χ1) is 11.6. The van der Waals surface area contributed by atoms with Crippen LogP contribution in [0.25, 0.3) is 12.2 Å². The molecule has 3 rings (SSSR count). The summed E-state index contributed by atoms with van der Waals surface area (Å²) in [5.74, 6) is -0.0133. The molecule has 24 heavy (non-hydrogen) atoms. The number of carbonyl (C=O) groups excluding carboxylic acids is 2. The number of carbonyl (C=O) groups is 2. The van der Waals surface area contributed by atoms with E-state index < -0.39 is 0 Å². The maximum Gasteiger partial charge on any atom is 0.220 e. The van der Waals surface area contributed by atoms with E-state index >= 15 is 0 Å². The Hall–Kier alpha value is -2.94. The molecule has 3 heteroatoms. The van der Waals surface area contributed by atoms with Crippen LogP contribution in [0.4, 0.5) is 0 Å². The van der Waals surface area contributed by atoms with E-state index in [0.717, 1.165) is 11.1 Å². The number of benzene rings is 2. The highest BCUT2D eigenvalue weighted by Crippen LogP contribution is 2.22. The first kappa shape index (κ1) is 15.9. The van der Waals surface area contributed by atoms with E-state index in [1.165, 1.54) is 6.92 Å². The van der Waals surface area contributed by atoms with E-state index in [2.05, 4.69) is 0 Å². The molecule has 1 fully saturated rings. The highest BCUT2D eigenvalue weighted by atomic mass is 16.2. The summed E-state index contributed by atoms with van der Waals surface area (Å²) < 4.78 is 0. The van der Waals surface area contributed by atoms with Gasteiger partial charge < -0.3 is 4.90 Å². The Kier molecular flexibility index (Phi) is 4.71. The van der Waals surface area contributed by atoms with E-state index in [1.54, 1.807) is 4.90 Å². The van der Waals surface area contributed by atoms with Gasteiger partial charge in [0.1, 0.15) is 0 Å². The van der Waals surface area contributed by atoms with Crippen molar-refractivity contribution in [3.05, 3.63) is 82.9 Å². The zero-order valence-corrected chi connectivity index (χ0v) is 13.6. The van der Waals surface area contributed by atoms with Gasteiger partial charge in [0.2, 0.25) is 5.91 Å². The molecule has 0 spiro atoms. The second-order valence-corrected chi connectivity index (χ2v) is 5.86. The van der Waals surface area contributed by atoms with Crippen molar-refractivity contribution < 1.29 is 9.59 Å². The summed E-state index contributed by atoms with van der Waals surface area (Å²) in [6.45, 7) is 2.25. The lowest BCUT2D eigenvalue weighted by Gasteiger charge is -2.29. The van der Waals surface area contributed by atoms with E-state index in [1.807, 2.05) is 72.8 Å². The van der Waals surface area contributed by atoms with Gasteiger partial charge in [0.15, 0.2) is 5.78 Å². The Bertz CT molecular complexity index is 743. The molecule has 1 amide bonds. The quantitative estimate of drug-likeness (QED) is 0.794. The predicted octanol–water partition coefficient (Wildman–Crippen LogP) is 3.58. The highest BCUT2D eigenvalue weighted by molar-refractivity contribution is 6.15. The normalized spacial score (nSPS) is 18.2. The number of hydrogen-bond acceptors (Lipinski definition) is 2. The van der Waals surface area contributed by atoms with Crippen LogP contribution in [0.15, 0.2) is 71.8 Å². The third-order valence-corrected chi connectivity index (χ3v) is 4.03. The van der Waals surface area contributed by atoms with Gasteiger partial charge in [0, 0.05) is 31.2 Å². The third kappa shape index (κ3) is 3.69. The average molecular weight is 317 g/mol. The predicted molar refractivity (Wildman–Crippen MR) is 96.1 cm³/mol. The third-order valence-electron chi connectivity index (χ3n) is 4.03. The van der Waals surface area contributed by atoms with Gasteiger partial charge in [-0.25, -0.2) is 0 Å². The van der Waals surface area contributed by atoms with Crippen LogP contribution < -0.4 is 0 Å². The number of likely N-dealkylation sites (tertiary alicyclic amines) is 1. The second-order valence-electron chi connectivity index (χ2n) is 5.86. The molecular formula is C21H19NO2. The number of rotatable bonds is 2. The fourth-order valence-corrected chi connectivity index (χ4v) is 2.76. The van der Waals surface area contributed by atoms with Crippen molar-refractivity contribution in [2.24, 2.45) is 0 Å². The summed E-state index contributed by atoms with van der Waals surface area (Å²) in [6, 6.07) is 19.4. The Morgan fingerprint density at radius 2 is 1.25 bits per heavy atom. The fourth-order valence-electron chi connectivity index (χ4n) is 2.76. The fraction of sp³-hybridized carbons (Fsp3) is 0.143. The van der Waals surface area contributed by atoms with Gasteiger partial charge in [0.05, 0.1) is 0 Å². The summed E-state index contributed by atoms with van der Waals surface area (Å²) in [5, 5.41) is 0. The molecule has 0 aromatic heterocycles. The number of piperidine rings is 1. The Morgan fingerprint density at radius 1 is 0.833 bits per heavy atom. The first-order valence-electron chi connectivity index (χ1n) is 7.95. The lowest BCUT2D eigenvalue weighted by molar-refractivity contribution is -0.129. The summed E-state index contributed by atoms with van der Waals surface area (Å²) in [4.78, 5) is 26.4. The number of nitrogens with zero attached hydrogens (tertiary/aromatic N) is 1. The molecule has 2 aromatic carbocycles. The van der Waals surface area contributed by atoms with Crippen molar-refractivity contribution in [3.63, 3.8) is 0 Å². The number of ketones is 1. The van der Waals surface area contributed by atoms with E-state index in [0.29, 0.717) is 24.2 Å². The zero-order valence-electron chi connectivity index (χ0n) is 13.6. The van der Waals surface area contributed by atoms with Crippen LogP contribution >= 0.6 is 0 Å². The van der Waals surface area contributed by atoms with Crippen molar-refractivity contribution in [2.75, 3.05) is 13.1 Å². The number of amides is 1. The van der Waals surface area contributed by atoms with Crippen molar-refractivity contribution in [1.82, 2.24) is 4.90 Å². The number of hydrogen-bond donors (Lipinski definition) is 0. The van der Waals surface area contributed by atoms with Crippen LogP contribution in [-0.4, -0.2) is 29.7 Å². The lowest BCUT2D eigenvalue weighted by atomic mass is 9.94. The monoisotopic (exact) mass is 317 g/mol. The van der Waals surface area contributed by atoms with E-state index in [4.69, 9.17) is 0 Å². The standard InChI is InChI=1S/C21H19NO2/c1-16(23)22-14-19(12-17-8-4-2-5-9-17)21(24)20(15-22)13-18-10-6-3-7-11-18/h2-13H,14-15H2,1H3. The molecule has 0 atom stereocenters.